The number of nitrogens with one attached hydrogen (secondary N) is 3. The van der Waals surface area contributed by atoms with Crippen LogP contribution in [0.1, 0.15) is 150 Å². The number of rotatable bonds is 23. The largest absolute Gasteiger partial charge is 0.399 e. The van der Waals surface area contributed by atoms with Crippen LogP contribution in [0.3, 0.4) is 0 Å². The van der Waals surface area contributed by atoms with Gasteiger partial charge in [-0.2, -0.15) is 8.78 Å². The number of aryl methyl sites for hydroxylation is 2. The molecule has 0 radical (unpaired) electrons. The Hall–Kier alpha value is -8.18. The molecular weight excluding hydrogens is 1090 g/mol. The molecule has 0 spiro atoms. The second-order valence-electron chi connectivity index (χ2n) is 21.7. The van der Waals surface area contributed by atoms with Crippen molar-refractivity contribution in [2.45, 2.75) is 145 Å². The van der Waals surface area contributed by atoms with E-state index in [1.54, 1.807) is 54.6 Å². The molecule has 9 rings (SSSR count). The Morgan fingerprint density at radius 3 is 2.30 bits per heavy atom. The molecule has 5 heterocycles. The first-order valence-corrected chi connectivity index (χ1v) is 29.5. The van der Waals surface area contributed by atoms with E-state index in [4.69, 9.17) is 5.73 Å². The number of primary amides is 1. The number of benzene rings is 4. The van der Waals surface area contributed by atoms with Gasteiger partial charge < -0.3 is 35.6 Å². The van der Waals surface area contributed by atoms with Gasteiger partial charge in [0, 0.05) is 85.6 Å². The summed E-state index contributed by atoms with van der Waals surface area (Å²) in [6, 6.07) is 19.4. The predicted molar refractivity (Wildman–Crippen MR) is 300 cm³/mol. The quantitative estimate of drug-likeness (QED) is 0.0179. The molecular formula is C61H64F2N7O12P. The predicted octanol–water partition coefficient (Wildman–Crippen LogP) is 6.40. The standard InChI is InChI=1S/C61H64F2N7O12P/c1-68-47-27-24-41(61(62,63)83(80,81)82)31-40(47)33-49(68)57(76)66-46-25-23-38-19-13-20-39-32-50(70(55(38)39)60(46)79)58(77)65-45(26-29-53(64)73)52(72)34-43(36-15-10-8-11-16-36)51(71)22-12-7-5-3-2-4-6-9-17-37-18-14-21-42-44(37)35-69(59(42)78)48-28-30-54(74)67-56(48)75/h8,10-11,13-16,18-21,24,27,31,33,43,45-46,48,50H,2-7,12,22-23,25-26,28-30,32,34-35H2,1H3,(H2,64,73)(H,65,77)(H,66,76)(H,67,74,75)(H2,80,81,82)/t43-,45-,46-,48?,50-/m0/s1. The summed E-state index contributed by atoms with van der Waals surface area (Å²) in [4.78, 5) is 143. The molecule has 1 aromatic heterocycles. The fourth-order valence-corrected chi connectivity index (χ4v) is 12.2. The van der Waals surface area contributed by atoms with Crippen molar-refractivity contribution in [3.05, 3.63) is 136 Å². The fourth-order valence-electron chi connectivity index (χ4n) is 11.7. The maximum Gasteiger partial charge on any atom is 0.399 e. The van der Waals surface area contributed by atoms with E-state index in [2.05, 4.69) is 27.8 Å². The van der Waals surface area contributed by atoms with Gasteiger partial charge in [0.1, 0.15) is 29.6 Å². The Kier molecular flexibility index (Phi) is 18.0. The molecule has 5 atom stereocenters. The number of hydrogen-bond donors (Lipinski definition) is 6. The number of nitrogens with zero attached hydrogens (tertiary/aromatic N) is 3. The molecule has 4 aliphatic heterocycles. The zero-order chi connectivity index (χ0) is 59.3. The summed E-state index contributed by atoms with van der Waals surface area (Å²) in [5, 5.41) is 7.96. The van der Waals surface area contributed by atoms with E-state index in [-0.39, 0.29) is 86.6 Å². The SMILES string of the molecule is Cn1c(C(=O)N[C@H]2CCc3cccc4c3N(C2=O)[C@H](C(=O)N[C@@H](CCC(N)=O)C(=O)C[C@H](C(=O)CCCCCCCCC#Cc2cccc3c2CN(C2CCC(=O)NC2=O)C3=O)c2ccccc2)C4)cc2cc(C(F)(F)P(=O)(O)O)ccc21. The summed E-state index contributed by atoms with van der Waals surface area (Å²) in [6.07, 6.45) is 5.88. The number of ketones is 2. The van der Waals surface area contributed by atoms with Crippen molar-refractivity contribution in [1.29, 1.82) is 0 Å². The van der Waals surface area contributed by atoms with Crippen LogP contribution >= 0.6 is 7.60 Å². The highest BCUT2D eigenvalue weighted by Crippen LogP contribution is 2.59. The van der Waals surface area contributed by atoms with Gasteiger partial charge in [-0.1, -0.05) is 98.2 Å². The summed E-state index contributed by atoms with van der Waals surface area (Å²) in [5.41, 5.74) is 4.89. The molecule has 1 unspecified atom stereocenters. The molecule has 7 N–H and O–H groups in total. The number of unbranched alkanes of at least 4 members (excludes halogenated alkanes) is 6. The number of anilines is 1. The number of halogens is 2. The van der Waals surface area contributed by atoms with Crippen LogP contribution in [0.5, 0.6) is 0 Å². The van der Waals surface area contributed by atoms with Crippen molar-refractivity contribution in [2.24, 2.45) is 12.8 Å². The van der Waals surface area contributed by atoms with Crippen molar-refractivity contribution in [1.82, 2.24) is 25.4 Å². The highest BCUT2D eigenvalue weighted by Gasteiger charge is 2.51. The number of alkyl halides is 2. The van der Waals surface area contributed by atoms with Crippen molar-refractivity contribution in [2.75, 3.05) is 4.90 Å². The molecule has 5 aromatic rings. The molecule has 22 heteroatoms. The number of fused-ring (bicyclic) bond motifs is 2. The second kappa shape index (κ2) is 25.1. The third-order valence-electron chi connectivity index (χ3n) is 16.2. The fraction of sp³-hybridized carbons (Fsp3) is 0.393. The summed E-state index contributed by atoms with van der Waals surface area (Å²) in [5.74, 6) is 1.01. The summed E-state index contributed by atoms with van der Waals surface area (Å²) < 4.78 is 42.3. The monoisotopic (exact) mass is 1160 g/mol. The number of para-hydroxylation sites is 1. The third-order valence-corrected chi connectivity index (χ3v) is 17.2. The van der Waals surface area contributed by atoms with Crippen LogP contribution in [-0.2, 0) is 70.2 Å². The van der Waals surface area contributed by atoms with E-state index in [9.17, 15) is 66.3 Å². The number of carbonyl (C=O) groups is 9. The van der Waals surface area contributed by atoms with Crippen LogP contribution in [0.15, 0.2) is 91.0 Å². The van der Waals surface area contributed by atoms with Crippen molar-refractivity contribution in [3.63, 3.8) is 0 Å². The zero-order valence-electron chi connectivity index (χ0n) is 45.7. The number of imide groups is 1. The Balaban J connectivity index is 0.799. The van der Waals surface area contributed by atoms with E-state index in [1.165, 1.54) is 33.5 Å². The first-order valence-electron chi connectivity index (χ1n) is 27.9. The Morgan fingerprint density at radius 2 is 1.57 bits per heavy atom. The lowest BCUT2D eigenvalue weighted by Crippen LogP contribution is -2.56. The molecule has 0 saturated carbocycles. The van der Waals surface area contributed by atoms with Gasteiger partial charge in [0.25, 0.3) is 11.8 Å². The lowest BCUT2D eigenvalue weighted by molar-refractivity contribution is -0.137. The maximum atomic E-state index is 14.7. The maximum absolute atomic E-state index is 14.7. The van der Waals surface area contributed by atoms with Gasteiger partial charge in [-0.3, -0.25) is 57.9 Å². The Bertz CT molecular complexity index is 3550. The molecule has 434 valence electrons. The van der Waals surface area contributed by atoms with E-state index in [0.717, 1.165) is 60.9 Å². The molecule has 0 aliphatic carbocycles. The first-order chi connectivity index (χ1) is 39.6. The first kappa shape index (κ1) is 59.4. The molecule has 1 saturated heterocycles. The average Bonchev–Trinajstić information content (AvgIpc) is 4.29. The third kappa shape index (κ3) is 12.9. The minimum Gasteiger partial charge on any atom is -0.370 e. The number of amides is 7. The van der Waals surface area contributed by atoms with Gasteiger partial charge in [-0.15, -0.1) is 0 Å². The van der Waals surface area contributed by atoms with Crippen LogP contribution in [0.2, 0.25) is 0 Å². The topological polar surface area (TPSA) is 285 Å². The second-order valence-corrected chi connectivity index (χ2v) is 23.3. The van der Waals surface area contributed by atoms with Gasteiger partial charge in [0.05, 0.1) is 11.7 Å². The van der Waals surface area contributed by atoms with E-state index in [0.29, 0.717) is 47.2 Å². The number of nitrogens with two attached hydrogens (primary N) is 1. The van der Waals surface area contributed by atoms with E-state index < -0.39 is 84.2 Å². The van der Waals surface area contributed by atoms with E-state index >= 15 is 0 Å². The summed E-state index contributed by atoms with van der Waals surface area (Å²) >= 11 is 0. The molecule has 0 bridgehead atoms. The Morgan fingerprint density at radius 1 is 0.843 bits per heavy atom. The van der Waals surface area contributed by atoms with Gasteiger partial charge in [0.15, 0.2) is 5.78 Å². The highest BCUT2D eigenvalue weighted by molar-refractivity contribution is 7.52. The Labute approximate surface area is 477 Å². The molecule has 7 amide bonds. The zero-order valence-corrected chi connectivity index (χ0v) is 46.6. The van der Waals surface area contributed by atoms with Crippen LogP contribution in [0.25, 0.3) is 10.9 Å². The van der Waals surface area contributed by atoms with Crippen molar-refractivity contribution < 1.29 is 66.3 Å². The van der Waals surface area contributed by atoms with Crippen molar-refractivity contribution in [3.8, 4) is 11.8 Å². The molecule has 19 nitrogen and oxygen atoms in total. The van der Waals surface area contributed by atoms with Gasteiger partial charge >= 0.3 is 13.3 Å². The minimum atomic E-state index is -5.89. The molecule has 83 heavy (non-hydrogen) atoms. The number of hydrogen-bond acceptors (Lipinski definition) is 10. The highest BCUT2D eigenvalue weighted by atomic mass is 31.2. The summed E-state index contributed by atoms with van der Waals surface area (Å²) in [6.45, 7) is 0.247. The van der Waals surface area contributed by atoms with E-state index in [1.807, 2.05) is 12.1 Å². The normalized spacial score (nSPS) is 18.3. The lowest BCUT2D eigenvalue weighted by Gasteiger charge is -2.29. The van der Waals surface area contributed by atoms with Crippen LogP contribution < -0.4 is 26.6 Å². The lowest BCUT2D eigenvalue weighted by atomic mass is 9.85. The van der Waals surface area contributed by atoms with Gasteiger partial charge in [-0.05, 0) is 91.1 Å². The number of carbonyl (C=O) groups excluding carboxylic acids is 9. The summed E-state index contributed by atoms with van der Waals surface area (Å²) in [7, 11) is -4.40. The van der Waals surface area contributed by atoms with Crippen LogP contribution in [0, 0.1) is 11.8 Å². The van der Waals surface area contributed by atoms with Gasteiger partial charge in [0.2, 0.25) is 29.5 Å². The number of piperidine rings is 1. The number of Topliss-reactive ketones (excluding diaryl/α,β-unsaturated/α-hetero) is 2. The minimum absolute atomic E-state index is 0.0458. The van der Waals surface area contributed by atoms with Crippen LogP contribution in [-0.4, -0.2) is 96.3 Å². The average molecular weight is 1160 g/mol. The smallest absolute Gasteiger partial charge is 0.370 e. The molecule has 1 fully saturated rings. The van der Waals surface area contributed by atoms with Gasteiger partial charge in [-0.25, -0.2) is 0 Å². The van der Waals surface area contributed by atoms with Crippen LogP contribution in [0.4, 0.5) is 14.5 Å². The molecule has 4 aromatic carbocycles. The number of aromatic nitrogens is 1. The molecule has 4 aliphatic rings. The van der Waals surface area contributed by atoms with Crippen molar-refractivity contribution >= 4 is 77.1 Å².